The third-order valence-electron chi connectivity index (χ3n) is 15.1. The third-order valence-corrected chi connectivity index (χ3v) is 15.1. The first-order chi connectivity index (χ1) is 42.1. The fourth-order valence-corrected chi connectivity index (χ4v) is 10.9. The number of hydrogen-bond acceptors (Lipinski definition) is 14. The van der Waals surface area contributed by atoms with Crippen molar-refractivity contribution in [3.63, 3.8) is 0 Å². The number of hydrogen-bond donors (Lipinski definition) is 2. The Balaban J connectivity index is 0.000000281. The van der Waals surface area contributed by atoms with Crippen LogP contribution in [-0.4, -0.2) is 88.9 Å². The van der Waals surface area contributed by atoms with Crippen LogP contribution in [0.4, 0.5) is 9.59 Å². The summed E-state index contributed by atoms with van der Waals surface area (Å²) in [7, 11) is 0. The molecule has 0 radical (unpaired) electrons. The zero-order valence-electron chi connectivity index (χ0n) is 54.5. The molecule has 17 heteroatoms. The van der Waals surface area contributed by atoms with Gasteiger partial charge in [0.1, 0.15) is 68.7 Å². The van der Waals surface area contributed by atoms with Gasteiger partial charge in [0.2, 0.25) is 0 Å². The van der Waals surface area contributed by atoms with Gasteiger partial charge in [0.25, 0.3) is 0 Å². The van der Waals surface area contributed by atoms with Gasteiger partial charge in [0.15, 0.2) is 0 Å². The maximum absolute atomic E-state index is 12.8. The molecule has 89 heavy (non-hydrogen) atoms. The zero-order chi connectivity index (χ0) is 63.5. The van der Waals surface area contributed by atoms with E-state index in [1.807, 2.05) is 122 Å². The SMILES string of the molecule is CCCc1c(OCCCOc2cc(O)c(C3CCCN3C(=O)OC(C)(C)C)cc2CC)cccc1Oc1ccccc1C.CCCc1c(OCCCOc2cc(O)c(C3CCCN3C(=O)OC(C)(C)C)cc2CC)cccc1Oc1ccccc1C(=O)[O-].[Li+]. The Bertz CT molecular complexity index is 3300. The molecule has 2 unspecified atom stereocenters. The molecule has 2 fully saturated rings. The predicted molar refractivity (Wildman–Crippen MR) is 339 cm³/mol. The summed E-state index contributed by atoms with van der Waals surface area (Å²) in [4.78, 5) is 40.6. The second-order valence-electron chi connectivity index (χ2n) is 24.2. The van der Waals surface area contributed by atoms with E-state index in [2.05, 4.69) is 20.8 Å². The number of carboxylic acids is 1. The van der Waals surface area contributed by atoms with Crippen LogP contribution in [0, 0.1) is 6.92 Å². The van der Waals surface area contributed by atoms with Crippen molar-refractivity contribution in [2.75, 3.05) is 39.5 Å². The first-order valence-corrected chi connectivity index (χ1v) is 31.3. The van der Waals surface area contributed by atoms with E-state index in [9.17, 15) is 29.7 Å². The quantitative estimate of drug-likeness (QED) is 0.0406. The largest absolute Gasteiger partial charge is 1.00 e. The van der Waals surface area contributed by atoms with Gasteiger partial charge in [0, 0.05) is 65.9 Å². The summed E-state index contributed by atoms with van der Waals surface area (Å²) in [6, 6.07) is 32.6. The summed E-state index contributed by atoms with van der Waals surface area (Å²) in [6.07, 6.45) is 8.59. The number of phenols is 2. The maximum atomic E-state index is 12.8. The number of benzene rings is 6. The molecule has 2 N–H and O–H groups in total. The van der Waals surface area contributed by atoms with E-state index in [-0.39, 0.29) is 65.9 Å². The molecule has 16 nitrogen and oxygen atoms in total. The molecule has 0 bridgehead atoms. The zero-order valence-corrected chi connectivity index (χ0v) is 54.5. The molecular weight excluding hydrogens is 1120 g/mol. The molecular formula is C72H91LiN2O14. The van der Waals surface area contributed by atoms with Crippen molar-refractivity contribution in [3.8, 4) is 57.5 Å². The minimum absolute atomic E-state index is 0. The first-order valence-electron chi connectivity index (χ1n) is 31.3. The van der Waals surface area contributed by atoms with E-state index in [1.54, 1.807) is 46.2 Å². The number of aromatic carboxylic acids is 1. The molecule has 0 saturated carbocycles. The molecule has 2 atom stereocenters. The molecule has 0 aromatic heterocycles. The number of likely N-dealkylation sites (tertiary alicyclic amines) is 2. The number of carboxylic acid groups (broad SMARTS) is 1. The van der Waals surface area contributed by atoms with Crippen LogP contribution in [0.5, 0.6) is 57.5 Å². The Morgan fingerprint density at radius 1 is 0.517 bits per heavy atom. The normalized spacial score (nSPS) is 14.6. The van der Waals surface area contributed by atoms with Crippen LogP contribution in [0.15, 0.2) is 109 Å². The van der Waals surface area contributed by atoms with Crippen molar-refractivity contribution in [2.24, 2.45) is 0 Å². The average molecular weight is 1220 g/mol. The van der Waals surface area contributed by atoms with Gasteiger partial charge < -0.3 is 67.8 Å². The van der Waals surface area contributed by atoms with Crippen LogP contribution < -0.4 is 52.4 Å². The molecule has 8 rings (SSSR count). The van der Waals surface area contributed by atoms with E-state index in [4.69, 9.17) is 37.9 Å². The molecule has 474 valence electrons. The Labute approximate surface area is 538 Å². The Morgan fingerprint density at radius 2 is 0.899 bits per heavy atom. The van der Waals surface area contributed by atoms with E-state index in [1.165, 1.54) is 6.07 Å². The summed E-state index contributed by atoms with van der Waals surface area (Å²) >= 11 is 0. The van der Waals surface area contributed by atoms with Gasteiger partial charge in [-0.15, -0.1) is 0 Å². The van der Waals surface area contributed by atoms with E-state index in [0.717, 1.165) is 102 Å². The first kappa shape index (κ1) is 70.4. The van der Waals surface area contributed by atoms with Crippen LogP contribution >= 0.6 is 0 Å². The topological polar surface area (TPSA) is 195 Å². The molecule has 2 amide bonds. The van der Waals surface area contributed by atoms with Crippen LogP contribution in [0.3, 0.4) is 0 Å². The number of aromatic hydroxyl groups is 2. The van der Waals surface area contributed by atoms with Gasteiger partial charge in [-0.1, -0.05) is 83.0 Å². The fraction of sp³-hybridized carbons (Fsp3) is 0.458. The van der Waals surface area contributed by atoms with Crippen LogP contribution in [0.1, 0.15) is 182 Å². The maximum Gasteiger partial charge on any atom is 1.00 e. The number of rotatable bonds is 25. The Hall–Kier alpha value is -7.67. The van der Waals surface area contributed by atoms with Crippen molar-refractivity contribution in [2.45, 2.75) is 176 Å². The van der Waals surface area contributed by atoms with Crippen molar-refractivity contribution < 1.29 is 86.5 Å². The third kappa shape index (κ3) is 19.7. The fourth-order valence-electron chi connectivity index (χ4n) is 10.9. The van der Waals surface area contributed by atoms with E-state index >= 15 is 0 Å². The summed E-state index contributed by atoms with van der Waals surface area (Å²) in [5.74, 6) is 4.11. The minimum Gasteiger partial charge on any atom is -0.545 e. The molecule has 2 aliphatic heterocycles. The van der Waals surface area contributed by atoms with Gasteiger partial charge in [-0.05, 0) is 171 Å². The number of aryl methyl sites for hydroxylation is 3. The van der Waals surface area contributed by atoms with Gasteiger partial charge in [-0.2, -0.15) is 0 Å². The van der Waals surface area contributed by atoms with Gasteiger partial charge >= 0.3 is 31.0 Å². The monoisotopic (exact) mass is 1210 g/mol. The Morgan fingerprint density at radius 3 is 1.30 bits per heavy atom. The number of carbonyl (C=O) groups excluding carboxylic acids is 3. The Kier molecular flexibility index (Phi) is 26.3. The van der Waals surface area contributed by atoms with Crippen molar-refractivity contribution in [1.82, 2.24) is 9.80 Å². The number of para-hydroxylation sites is 2. The minimum atomic E-state index is -1.30. The summed E-state index contributed by atoms with van der Waals surface area (Å²) in [5, 5.41) is 33.5. The second-order valence-corrected chi connectivity index (χ2v) is 24.2. The summed E-state index contributed by atoms with van der Waals surface area (Å²) in [5.41, 5.74) is 5.22. The second kappa shape index (κ2) is 33.2. The van der Waals surface area contributed by atoms with Crippen molar-refractivity contribution >= 4 is 18.2 Å². The molecule has 2 heterocycles. The molecule has 0 spiro atoms. The van der Waals surface area contributed by atoms with Gasteiger partial charge in [0.05, 0.1) is 44.5 Å². The van der Waals surface area contributed by atoms with Crippen LogP contribution in [-0.2, 0) is 35.2 Å². The smallest absolute Gasteiger partial charge is 0.545 e. The number of amides is 2. The van der Waals surface area contributed by atoms with Crippen molar-refractivity contribution in [1.29, 1.82) is 0 Å². The summed E-state index contributed by atoms with van der Waals surface area (Å²) in [6.45, 7) is 24.3. The molecule has 6 aromatic rings. The number of ether oxygens (including phenoxy) is 8. The number of carbonyl (C=O) groups is 3. The predicted octanol–water partition coefficient (Wildman–Crippen LogP) is 12.9. The van der Waals surface area contributed by atoms with E-state index < -0.39 is 17.2 Å². The molecule has 2 aliphatic rings. The van der Waals surface area contributed by atoms with Crippen LogP contribution in [0.2, 0.25) is 0 Å². The number of nitrogens with zero attached hydrogens (tertiary/aromatic N) is 2. The van der Waals surface area contributed by atoms with Gasteiger partial charge in [-0.25, -0.2) is 9.59 Å². The van der Waals surface area contributed by atoms with Gasteiger partial charge in [-0.3, -0.25) is 0 Å². The van der Waals surface area contributed by atoms with Crippen molar-refractivity contribution in [3.05, 3.63) is 154 Å². The number of phenolic OH excluding ortho intramolecular Hbond substituents is 2. The molecule has 2 saturated heterocycles. The standard InChI is InChI=1S/C36H45NO8.C36H47NO6.Li/c1-6-13-25-30(17-10-18-31(25)44-32-16-9-8-14-26(32)34(39)40)42-20-12-21-43-33-23-29(38)27(22-24(33)7-2)28-15-11-19-37(28)35(41)45-36(3,4)5;1-7-14-27-32(18-11-19-33(27)42-31-17-10-9-15-25(31)3)40-21-13-22-41-34-24-30(38)28(23-26(34)8-2)29-16-12-20-37(29)35(39)43-36(4,5)6;/h8-10,14,16-18,22-23,28,38H,6-7,11-13,15,19-21H2,1-5H3,(H,39,40);9-11,15,17-19,23-24,29,38H,7-8,12-14,16,20-22H2,1-6H3;/q;;+1/p-1. The van der Waals surface area contributed by atoms with Crippen LogP contribution in [0.25, 0.3) is 0 Å². The average Bonchev–Trinajstić information content (AvgIpc) is 3.45. The molecule has 6 aromatic carbocycles. The summed E-state index contributed by atoms with van der Waals surface area (Å²) < 4.78 is 48.1. The van der Waals surface area contributed by atoms with E-state index in [0.29, 0.717) is 93.8 Å². The molecule has 0 aliphatic carbocycles.